The quantitative estimate of drug-likeness (QED) is 0.766. The third-order valence-corrected chi connectivity index (χ3v) is 4.51. The van der Waals surface area contributed by atoms with E-state index in [4.69, 9.17) is 0 Å². The fraction of sp³-hybridized carbons (Fsp3) is 0.929. The lowest BCUT2D eigenvalue weighted by Crippen LogP contribution is -2.40. The first-order chi connectivity index (χ1) is 8.24. The Morgan fingerprint density at radius 1 is 1.29 bits per heavy atom. The van der Waals surface area contributed by atoms with Crippen LogP contribution in [0.1, 0.15) is 58.8 Å². The summed E-state index contributed by atoms with van der Waals surface area (Å²) < 4.78 is 0. The molecule has 3 heteroatoms. The Labute approximate surface area is 105 Å². The Morgan fingerprint density at radius 3 is 2.53 bits per heavy atom. The number of nitrogens with zero attached hydrogens (tertiary/aromatic N) is 1. The van der Waals surface area contributed by atoms with Crippen molar-refractivity contribution in [2.75, 3.05) is 6.67 Å². The second kappa shape index (κ2) is 5.85. The molecule has 0 aromatic rings. The summed E-state index contributed by atoms with van der Waals surface area (Å²) >= 11 is 0. The number of rotatable bonds is 3. The molecule has 2 rings (SSSR count). The van der Waals surface area contributed by atoms with Crippen LogP contribution in [0.3, 0.4) is 0 Å². The monoisotopic (exact) mass is 238 g/mol. The van der Waals surface area contributed by atoms with Crippen LogP contribution < -0.4 is 5.32 Å². The summed E-state index contributed by atoms with van der Waals surface area (Å²) in [5, 5.41) is 3.40. The lowest BCUT2D eigenvalue weighted by molar-refractivity contribution is -0.132. The largest absolute Gasteiger partial charge is 0.326 e. The van der Waals surface area contributed by atoms with E-state index in [-0.39, 0.29) is 6.04 Å². The summed E-state index contributed by atoms with van der Waals surface area (Å²) in [6, 6.07) is 0.579. The summed E-state index contributed by atoms with van der Waals surface area (Å²) in [5.41, 5.74) is 0. The van der Waals surface area contributed by atoms with E-state index in [0.717, 1.165) is 13.1 Å². The van der Waals surface area contributed by atoms with Gasteiger partial charge in [-0.1, -0.05) is 46.0 Å². The van der Waals surface area contributed by atoms with Crippen molar-refractivity contribution in [3.8, 4) is 0 Å². The van der Waals surface area contributed by atoms with Gasteiger partial charge in [0.1, 0.15) is 0 Å². The van der Waals surface area contributed by atoms with Gasteiger partial charge >= 0.3 is 0 Å². The molecule has 1 aliphatic heterocycles. The van der Waals surface area contributed by atoms with E-state index < -0.39 is 0 Å². The molecule has 1 aliphatic carbocycles. The zero-order valence-corrected chi connectivity index (χ0v) is 11.2. The van der Waals surface area contributed by atoms with E-state index in [1.165, 1.54) is 38.5 Å². The van der Waals surface area contributed by atoms with E-state index in [0.29, 0.717) is 17.9 Å². The highest BCUT2D eigenvalue weighted by molar-refractivity contribution is 5.84. The molecule has 98 valence electrons. The van der Waals surface area contributed by atoms with Gasteiger partial charge in [0.15, 0.2) is 0 Å². The van der Waals surface area contributed by atoms with Crippen molar-refractivity contribution in [2.24, 2.45) is 5.92 Å². The summed E-state index contributed by atoms with van der Waals surface area (Å²) in [5.74, 6) is 0.810. The van der Waals surface area contributed by atoms with E-state index in [1.807, 2.05) is 0 Å². The van der Waals surface area contributed by atoms with Crippen LogP contribution in [0.15, 0.2) is 0 Å². The van der Waals surface area contributed by atoms with E-state index in [9.17, 15) is 4.79 Å². The van der Waals surface area contributed by atoms with Crippen molar-refractivity contribution in [1.29, 1.82) is 0 Å². The number of hydrogen-bond donors (Lipinski definition) is 1. The molecular formula is C14H26N2O. The van der Waals surface area contributed by atoms with Crippen molar-refractivity contribution in [3.63, 3.8) is 0 Å². The van der Waals surface area contributed by atoms with Crippen LogP contribution in [-0.4, -0.2) is 29.6 Å². The molecule has 2 aliphatic rings. The molecule has 1 N–H and O–H groups in total. The first-order valence-corrected chi connectivity index (χ1v) is 7.28. The summed E-state index contributed by atoms with van der Waals surface area (Å²) in [4.78, 5) is 14.5. The Bertz CT molecular complexity index is 259. The fourth-order valence-electron chi connectivity index (χ4n) is 3.10. The first kappa shape index (κ1) is 12.9. The zero-order valence-electron chi connectivity index (χ0n) is 11.2. The van der Waals surface area contributed by atoms with Crippen LogP contribution in [0.5, 0.6) is 0 Å². The minimum atomic E-state index is 0.0725. The van der Waals surface area contributed by atoms with Crippen LogP contribution >= 0.6 is 0 Å². The van der Waals surface area contributed by atoms with E-state index >= 15 is 0 Å². The molecule has 2 unspecified atom stereocenters. The zero-order chi connectivity index (χ0) is 12.3. The minimum absolute atomic E-state index is 0.0725. The van der Waals surface area contributed by atoms with Gasteiger partial charge in [-0.3, -0.25) is 10.1 Å². The second-order valence-corrected chi connectivity index (χ2v) is 5.68. The van der Waals surface area contributed by atoms with Crippen LogP contribution in [0.2, 0.25) is 0 Å². The van der Waals surface area contributed by atoms with Crippen LogP contribution in [-0.2, 0) is 4.79 Å². The molecule has 1 saturated carbocycles. The highest BCUT2D eigenvalue weighted by atomic mass is 16.2. The van der Waals surface area contributed by atoms with Gasteiger partial charge in [-0.15, -0.1) is 0 Å². The van der Waals surface area contributed by atoms with E-state index in [2.05, 4.69) is 24.1 Å². The van der Waals surface area contributed by atoms with Crippen LogP contribution in [0, 0.1) is 5.92 Å². The molecular weight excluding hydrogens is 212 g/mol. The molecule has 0 spiro atoms. The topological polar surface area (TPSA) is 32.3 Å². The number of amides is 1. The van der Waals surface area contributed by atoms with Gasteiger partial charge in [-0.25, -0.2) is 0 Å². The standard InChI is InChI=1S/C14H26N2O/c1-3-11(2)13-14(17)16(10-15-13)12-8-6-4-5-7-9-12/h11-13,15H,3-10H2,1-2H3. The number of carbonyl (C=O) groups is 1. The Balaban J connectivity index is 1.96. The lowest BCUT2D eigenvalue weighted by atomic mass is 9.98. The van der Waals surface area contributed by atoms with Gasteiger partial charge in [-0.2, -0.15) is 0 Å². The first-order valence-electron chi connectivity index (χ1n) is 7.28. The highest BCUT2D eigenvalue weighted by Gasteiger charge is 2.37. The molecule has 1 amide bonds. The summed E-state index contributed by atoms with van der Waals surface area (Å²) in [6.07, 6.45) is 8.77. The molecule has 0 bridgehead atoms. The number of carbonyl (C=O) groups excluding carboxylic acids is 1. The van der Waals surface area contributed by atoms with Gasteiger partial charge in [0, 0.05) is 6.04 Å². The minimum Gasteiger partial charge on any atom is -0.326 e. The third kappa shape index (κ3) is 2.82. The van der Waals surface area contributed by atoms with Gasteiger partial charge in [-0.05, 0) is 18.8 Å². The molecule has 3 nitrogen and oxygen atoms in total. The average molecular weight is 238 g/mol. The van der Waals surface area contributed by atoms with Crippen molar-refractivity contribution in [1.82, 2.24) is 10.2 Å². The molecule has 2 atom stereocenters. The van der Waals surface area contributed by atoms with Crippen LogP contribution in [0.4, 0.5) is 0 Å². The Kier molecular flexibility index (Phi) is 4.43. The fourth-order valence-corrected chi connectivity index (χ4v) is 3.10. The van der Waals surface area contributed by atoms with Crippen molar-refractivity contribution in [3.05, 3.63) is 0 Å². The molecule has 2 fully saturated rings. The molecule has 1 heterocycles. The van der Waals surface area contributed by atoms with Gasteiger partial charge < -0.3 is 4.90 Å². The predicted octanol–water partition coefficient (Wildman–Crippen LogP) is 2.51. The number of nitrogens with one attached hydrogen (secondary N) is 1. The normalized spacial score (nSPS) is 29.4. The smallest absolute Gasteiger partial charge is 0.241 e. The SMILES string of the molecule is CCC(C)C1NCN(C2CCCCCC2)C1=O. The molecule has 0 radical (unpaired) electrons. The van der Waals surface area contributed by atoms with Crippen LogP contribution in [0.25, 0.3) is 0 Å². The van der Waals surface area contributed by atoms with Crippen molar-refractivity contribution >= 4 is 5.91 Å². The predicted molar refractivity (Wildman–Crippen MR) is 69.6 cm³/mol. The van der Waals surface area contributed by atoms with Crippen molar-refractivity contribution in [2.45, 2.75) is 70.9 Å². The average Bonchev–Trinajstić information content (AvgIpc) is 2.57. The summed E-state index contributed by atoms with van der Waals surface area (Å²) in [6.45, 7) is 5.11. The second-order valence-electron chi connectivity index (χ2n) is 5.68. The molecule has 1 saturated heterocycles. The van der Waals surface area contributed by atoms with E-state index in [1.54, 1.807) is 0 Å². The Hall–Kier alpha value is -0.570. The lowest BCUT2D eigenvalue weighted by Gasteiger charge is -2.26. The molecule has 0 aromatic carbocycles. The maximum absolute atomic E-state index is 12.4. The van der Waals surface area contributed by atoms with Crippen molar-refractivity contribution < 1.29 is 4.79 Å². The maximum Gasteiger partial charge on any atom is 0.241 e. The van der Waals surface area contributed by atoms with Gasteiger partial charge in [0.25, 0.3) is 0 Å². The number of hydrogen-bond acceptors (Lipinski definition) is 2. The highest BCUT2D eigenvalue weighted by Crippen LogP contribution is 2.25. The molecule has 17 heavy (non-hydrogen) atoms. The van der Waals surface area contributed by atoms with Gasteiger partial charge in [0.05, 0.1) is 12.7 Å². The van der Waals surface area contributed by atoms with Gasteiger partial charge in [0.2, 0.25) is 5.91 Å². The molecule has 0 aromatic heterocycles. The summed E-state index contributed by atoms with van der Waals surface area (Å²) in [7, 11) is 0. The third-order valence-electron chi connectivity index (χ3n) is 4.51. The maximum atomic E-state index is 12.4. The Morgan fingerprint density at radius 2 is 1.94 bits per heavy atom.